The molecule has 6 N–H and O–H groups in total. The minimum absolute atomic E-state index is 0.000400. The highest BCUT2D eigenvalue weighted by Crippen LogP contribution is 2.38. The number of aromatic carboxylic acids is 5. The Kier molecular flexibility index (Phi) is 36.6. The predicted molar refractivity (Wildman–Crippen MR) is 532 cm³/mol. The number of fused-ring (bicyclic) bond motifs is 3. The van der Waals surface area contributed by atoms with Gasteiger partial charge in [0.15, 0.2) is 0 Å². The second-order valence-corrected chi connectivity index (χ2v) is 42.0. The Balaban J connectivity index is 0.000000160. The van der Waals surface area contributed by atoms with Crippen LogP contribution in [0.25, 0.3) is 11.1 Å². The molecule has 0 saturated carbocycles. The maximum absolute atomic E-state index is 13.6. The van der Waals surface area contributed by atoms with E-state index in [4.69, 9.17) is 35.0 Å². The molecule has 15 aromatic rings. The maximum Gasteiger partial charge on any atom is 0.335 e. The first-order valence-electron chi connectivity index (χ1n) is 44.1. The highest BCUT2D eigenvalue weighted by atomic mass is 32.2. The van der Waals surface area contributed by atoms with E-state index in [9.17, 15) is 84.3 Å². The minimum atomic E-state index is -3.94. The number of rotatable bonds is 34. The van der Waals surface area contributed by atoms with Crippen molar-refractivity contribution in [1.82, 2.24) is 21.5 Å². The molecule has 144 heavy (non-hydrogen) atoms. The van der Waals surface area contributed by atoms with E-state index in [1.54, 1.807) is 86.0 Å². The van der Waals surface area contributed by atoms with Gasteiger partial charge in [-0.05, 0) is 268 Å². The lowest BCUT2D eigenvalue weighted by atomic mass is 9.96. The number of hydrogen-bond donors (Lipinski definition) is 6. The van der Waals surface area contributed by atoms with Crippen LogP contribution >= 0.6 is 0 Å². The van der Waals surface area contributed by atoms with Gasteiger partial charge in [-0.15, -0.1) is 0 Å². The summed E-state index contributed by atoms with van der Waals surface area (Å²) in [5.41, 5.74) is 9.40. The minimum Gasteiger partial charge on any atom is -0.508 e. The van der Waals surface area contributed by atoms with Crippen LogP contribution in [0.4, 0.5) is 13.2 Å². The zero-order chi connectivity index (χ0) is 103. The molecule has 0 fully saturated rings. The average Bonchev–Trinajstić information content (AvgIpc) is 1.05. The van der Waals surface area contributed by atoms with Gasteiger partial charge in [0.1, 0.15) is 34.7 Å². The van der Waals surface area contributed by atoms with Crippen molar-refractivity contribution in [3.8, 4) is 28.4 Å². The molecule has 0 unspecified atom stereocenters. The molecule has 0 saturated heterocycles. The highest BCUT2D eigenvalue weighted by Gasteiger charge is 2.33. The Labute approximate surface area is 831 Å². The Bertz CT molecular complexity index is 7580. The van der Waals surface area contributed by atoms with E-state index < -0.39 is 97.4 Å². The molecule has 742 valence electrons. The molecule has 36 heteroatoms. The van der Waals surface area contributed by atoms with Gasteiger partial charge in [0.05, 0.1) is 66.0 Å². The second kappa shape index (κ2) is 49.2. The molecule has 0 radical (unpaired) electrons. The van der Waals surface area contributed by atoms with Crippen LogP contribution in [0, 0.1) is 17.5 Å². The second-order valence-electron chi connectivity index (χ2n) is 32.3. The van der Waals surface area contributed by atoms with Crippen molar-refractivity contribution in [3.63, 3.8) is 0 Å². The molecule has 0 aliphatic carbocycles. The van der Waals surface area contributed by atoms with Gasteiger partial charge in [0.2, 0.25) is 50.1 Å². The monoisotopic (exact) mass is 2050 g/mol. The number of halogens is 3. The first-order valence-corrected chi connectivity index (χ1v) is 51.3. The van der Waals surface area contributed by atoms with Gasteiger partial charge in [-0.1, -0.05) is 182 Å². The van der Waals surface area contributed by atoms with Gasteiger partial charge in [0, 0.05) is 65.4 Å². The molecule has 0 bridgehead atoms. The summed E-state index contributed by atoms with van der Waals surface area (Å²) in [6.07, 6.45) is 0. The van der Waals surface area contributed by atoms with Gasteiger partial charge >= 0.3 is 29.8 Å². The SMILES string of the molecule is CCOc1ccc(CN(Cc2ccccc2)S(=O)(=O)c2ccc(C(=O)O)cc2)cc1.COc1ccc2c(c1)-c1ccccc1CN(S(=O)(=O)c1ccc(C(=O)O)cc1)C2.O=C(O)c1ccc(CN(Cc2ccc(F)cc2)S(=O)(=O)c2ccc(O)cc2)cc1.O=C(O)c1ccc(CN(Cc2ccc(F)cc2)S(=O)(=O)c2ccccc2)cc1.O=C(O)c1ccc(CN(Cc2cccc(F)c2)S(=O)(=O)c2ccccc2)cc1. The van der Waals surface area contributed by atoms with Crippen molar-refractivity contribution in [2.75, 3.05) is 13.7 Å². The lowest BCUT2D eigenvalue weighted by Crippen LogP contribution is -2.30. The summed E-state index contributed by atoms with van der Waals surface area (Å²) in [7, 11) is -17.7. The lowest BCUT2D eigenvalue weighted by molar-refractivity contribution is 0.0686. The summed E-state index contributed by atoms with van der Waals surface area (Å²) in [6.45, 7) is 3.33. The zero-order valence-corrected chi connectivity index (χ0v) is 81.2. The van der Waals surface area contributed by atoms with Crippen molar-refractivity contribution in [3.05, 3.63) is 477 Å². The van der Waals surface area contributed by atoms with E-state index in [1.165, 1.54) is 222 Å². The number of carboxylic acid groups (broad SMARTS) is 5. The third kappa shape index (κ3) is 29.1. The molecule has 1 aliphatic heterocycles. The first kappa shape index (κ1) is 107. The third-order valence-electron chi connectivity index (χ3n) is 22.3. The van der Waals surface area contributed by atoms with Crippen LogP contribution < -0.4 is 9.47 Å². The summed E-state index contributed by atoms with van der Waals surface area (Å²) in [4.78, 5) is 55.6. The van der Waals surface area contributed by atoms with Crippen molar-refractivity contribution < 1.29 is 119 Å². The molecule has 16 rings (SSSR count). The van der Waals surface area contributed by atoms with Crippen LogP contribution in [0.1, 0.15) is 114 Å². The summed E-state index contributed by atoms with van der Waals surface area (Å²) in [6, 6.07) is 96.6. The van der Waals surface area contributed by atoms with Crippen molar-refractivity contribution in [1.29, 1.82) is 0 Å². The molecule has 0 amide bonds. The summed E-state index contributed by atoms with van der Waals surface area (Å²) in [5, 5.41) is 54.6. The van der Waals surface area contributed by atoms with Gasteiger partial charge in [-0.3, -0.25) is 0 Å². The maximum atomic E-state index is 13.6. The van der Waals surface area contributed by atoms with E-state index >= 15 is 0 Å². The average molecular weight is 2050 g/mol. The fourth-order valence-corrected chi connectivity index (χ4v) is 21.8. The number of methoxy groups -OCH3 is 1. The molecule has 0 spiro atoms. The quantitative estimate of drug-likeness (QED) is 0.0218. The van der Waals surface area contributed by atoms with Crippen LogP contribution in [-0.4, -0.2) is 138 Å². The highest BCUT2D eigenvalue weighted by molar-refractivity contribution is 7.90. The Hall–Kier alpha value is -15.6. The van der Waals surface area contributed by atoms with Crippen molar-refractivity contribution in [2.45, 2.75) is 96.8 Å². The molecule has 15 aromatic carbocycles. The number of ether oxygens (including phenoxy) is 2. The van der Waals surface area contributed by atoms with E-state index in [0.29, 0.717) is 45.7 Å². The number of phenols is 1. The summed E-state index contributed by atoms with van der Waals surface area (Å²) < 4.78 is 190. The Morgan fingerprint density at radius 1 is 0.285 bits per heavy atom. The lowest BCUT2D eigenvalue weighted by Gasteiger charge is -2.23. The van der Waals surface area contributed by atoms with Crippen LogP contribution in [-0.2, 0) is 116 Å². The first-order chi connectivity index (χ1) is 68.8. The molecule has 1 heterocycles. The van der Waals surface area contributed by atoms with E-state index in [2.05, 4.69) is 0 Å². The van der Waals surface area contributed by atoms with Crippen LogP contribution in [0.15, 0.2) is 401 Å². The summed E-state index contributed by atoms with van der Waals surface area (Å²) >= 11 is 0. The number of benzene rings is 15. The topological polar surface area (TPSA) is 412 Å². The Morgan fingerprint density at radius 3 is 0.910 bits per heavy atom. The van der Waals surface area contributed by atoms with Gasteiger partial charge in [-0.2, -0.15) is 21.5 Å². The van der Waals surface area contributed by atoms with E-state index in [0.717, 1.165) is 39.1 Å². The number of phenolic OH excluding ortho intramolecular Hbond substituents is 1. The molecule has 28 nitrogen and oxygen atoms in total. The molecule has 0 aromatic heterocycles. The normalized spacial score (nSPS) is 12.0. The number of sulfonamides is 5. The standard InChI is InChI=1S/C23H23NO5S.C22H19NO5S.C21H18FNO5S.2C21H18FNO4S/c1-2-29-21-12-8-19(9-13-21)17-24(16-18-6-4-3-5-7-18)30(27,28)22-14-10-20(11-15-22)23(25)26;1-28-18-9-6-17-14-23(13-16-4-2-3-5-20(16)21(17)12-18)29(26,27)19-10-7-15(8-11-19)22(24)25;22-18-7-3-16(4-8-18)14-23(13-15-1-5-17(6-2-15)21(25)26)29(27,28)20-11-9-19(24)10-12-20;22-19-6-4-5-17(13-19)15-23(28(26,27)20-7-2-1-3-8-20)14-16-9-11-18(12-10-16)21(24)25;22-19-12-8-17(9-13-19)15-23(28(26,27)20-4-2-1-3-5-20)14-16-6-10-18(11-7-16)21(24)25/h3-15H,2,16-17H2,1H3,(H,25,26);2-12H,13-14H2,1H3,(H,24,25);1-12,24H,13-14H2,(H,25,26);2*1-13H,14-15H2,(H,24,25). The number of hydrogen-bond acceptors (Lipinski definition) is 18. The van der Waals surface area contributed by atoms with E-state index in [1.807, 2.05) is 104 Å². The number of nitrogens with zero attached hydrogens (tertiary/aromatic N) is 5. The van der Waals surface area contributed by atoms with Crippen molar-refractivity contribution in [2.24, 2.45) is 0 Å². The van der Waals surface area contributed by atoms with Crippen LogP contribution in [0.3, 0.4) is 0 Å². The largest absolute Gasteiger partial charge is 0.508 e. The Morgan fingerprint density at radius 2 is 0.562 bits per heavy atom. The fourth-order valence-electron chi connectivity index (χ4n) is 14.7. The third-order valence-corrected chi connectivity index (χ3v) is 31.3. The van der Waals surface area contributed by atoms with Gasteiger partial charge < -0.3 is 40.1 Å². The number of aromatic hydroxyl groups is 1. The molecule has 0 atom stereocenters. The smallest absolute Gasteiger partial charge is 0.335 e. The zero-order valence-electron chi connectivity index (χ0n) is 77.1. The van der Waals surface area contributed by atoms with Gasteiger partial charge in [0.25, 0.3) is 0 Å². The van der Waals surface area contributed by atoms with Crippen LogP contribution in [0.5, 0.6) is 17.2 Å². The molecular weight excluding hydrogens is 1950 g/mol. The molecular formula is C108H96F3N5O23S5. The van der Waals surface area contributed by atoms with Gasteiger partial charge in [-0.25, -0.2) is 79.2 Å². The number of carboxylic acids is 5. The summed E-state index contributed by atoms with van der Waals surface area (Å²) in [5.74, 6) is -5.27. The predicted octanol–water partition coefficient (Wildman–Crippen LogP) is 19.4. The molecule has 1 aliphatic rings. The van der Waals surface area contributed by atoms with Crippen LogP contribution in [0.2, 0.25) is 0 Å². The van der Waals surface area contributed by atoms with E-state index in [-0.39, 0.29) is 123 Å². The van der Waals surface area contributed by atoms with Crippen molar-refractivity contribution >= 4 is 80.0 Å². The fraction of sp³-hybridized carbons (Fsp3) is 0.120. The number of carbonyl (C=O) groups is 5.